The third-order valence-corrected chi connectivity index (χ3v) is 5.03. The summed E-state index contributed by atoms with van der Waals surface area (Å²) in [5, 5.41) is 5.72. The fraction of sp³-hybridized carbons (Fsp3) is 0.600. The number of carbonyl (C=O) groups excluding carboxylic acids is 2. The number of methoxy groups -OCH3 is 1. The van der Waals surface area contributed by atoms with E-state index in [1.54, 1.807) is 24.3 Å². The summed E-state index contributed by atoms with van der Waals surface area (Å²) in [4.78, 5) is 23.9. The van der Waals surface area contributed by atoms with E-state index >= 15 is 0 Å². The van der Waals surface area contributed by atoms with Crippen LogP contribution in [0.25, 0.3) is 0 Å². The maximum Gasteiger partial charge on any atom is 0.250 e. The quantitative estimate of drug-likeness (QED) is 0.845. The van der Waals surface area contributed by atoms with Crippen LogP contribution < -0.4 is 10.6 Å². The van der Waals surface area contributed by atoms with Gasteiger partial charge in [-0.05, 0) is 61.3 Å². The summed E-state index contributed by atoms with van der Waals surface area (Å²) in [7, 11) is 1.48. The first kappa shape index (κ1) is 19.4. The van der Waals surface area contributed by atoms with Crippen molar-refractivity contribution in [3.05, 3.63) is 24.3 Å². The molecule has 0 bridgehead atoms. The van der Waals surface area contributed by atoms with Gasteiger partial charge in [-0.15, -0.1) is 0 Å². The second kappa shape index (κ2) is 8.48. The van der Waals surface area contributed by atoms with E-state index in [4.69, 9.17) is 4.74 Å². The summed E-state index contributed by atoms with van der Waals surface area (Å²) < 4.78 is 4.78. The van der Waals surface area contributed by atoms with Crippen LogP contribution in [0.1, 0.15) is 46.5 Å². The molecule has 1 aromatic carbocycles. The number of hydrogen-bond acceptors (Lipinski definition) is 3. The zero-order valence-corrected chi connectivity index (χ0v) is 15.7. The minimum absolute atomic E-state index is 0.0235. The highest BCUT2D eigenvalue weighted by Gasteiger charge is 2.32. The van der Waals surface area contributed by atoms with Gasteiger partial charge in [0.15, 0.2) is 0 Å². The number of hydrogen-bond donors (Lipinski definition) is 2. The Labute approximate surface area is 150 Å². The van der Waals surface area contributed by atoms with E-state index in [0.29, 0.717) is 17.0 Å². The van der Waals surface area contributed by atoms with Crippen LogP contribution in [0.2, 0.25) is 0 Å². The maximum absolute atomic E-state index is 12.5. The lowest BCUT2D eigenvalue weighted by Crippen LogP contribution is -2.31. The topological polar surface area (TPSA) is 67.4 Å². The molecule has 1 fully saturated rings. The molecule has 2 N–H and O–H groups in total. The zero-order chi connectivity index (χ0) is 18.4. The van der Waals surface area contributed by atoms with Crippen LogP contribution in [-0.2, 0) is 14.3 Å². The molecule has 5 nitrogen and oxygen atoms in total. The summed E-state index contributed by atoms with van der Waals surface area (Å²) in [6.07, 6.45) is 4.15. The molecule has 1 saturated carbocycles. The van der Waals surface area contributed by atoms with Crippen LogP contribution in [0.15, 0.2) is 24.3 Å². The highest BCUT2D eigenvalue weighted by Crippen LogP contribution is 2.40. The van der Waals surface area contributed by atoms with Gasteiger partial charge >= 0.3 is 0 Å². The Balaban J connectivity index is 1.84. The monoisotopic (exact) mass is 346 g/mol. The molecule has 0 radical (unpaired) electrons. The van der Waals surface area contributed by atoms with Crippen molar-refractivity contribution in [2.24, 2.45) is 17.3 Å². The lowest BCUT2D eigenvalue weighted by Gasteiger charge is -2.36. The van der Waals surface area contributed by atoms with E-state index in [2.05, 4.69) is 31.4 Å². The van der Waals surface area contributed by atoms with Crippen molar-refractivity contribution in [1.82, 2.24) is 0 Å². The normalized spacial score (nSPS) is 20.8. The van der Waals surface area contributed by atoms with E-state index in [9.17, 15) is 9.59 Å². The molecular formula is C20H30N2O3. The first-order valence-corrected chi connectivity index (χ1v) is 8.99. The molecule has 5 heteroatoms. The summed E-state index contributed by atoms with van der Waals surface area (Å²) >= 11 is 0. The molecule has 1 aliphatic rings. The van der Waals surface area contributed by atoms with Crippen molar-refractivity contribution in [1.29, 1.82) is 0 Å². The third-order valence-electron chi connectivity index (χ3n) is 5.03. The molecule has 1 aromatic rings. The molecule has 1 aliphatic carbocycles. The van der Waals surface area contributed by atoms with Crippen molar-refractivity contribution >= 4 is 23.2 Å². The van der Waals surface area contributed by atoms with Gasteiger partial charge in [0.2, 0.25) is 11.8 Å². The van der Waals surface area contributed by atoms with Crippen molar-refractivity contribution in [2.75, 3.05) is 24.4 Å². The van der Waals surface area contributed by atoms with Crippen LogP contribution in [0.5, 0.6) is 0 Å². The predicted molar refractivity (Wildman–Crippen MR) is 100 cm³/mol. The Bertz CT molecular complexity index is 582. The summed E-state index contributed by atoms with van der Waals surface area (Å²) in [5.41, 5.74) is 1.77. The molecule has 0 spiro atoms. The Morgan fingerprint density at radius 2 is 1.52 bits per heavy atom. The molecule has 0 heterocycles. The summed E-state index contributed by atoms with van der Waals surface area (Å²) in [6.45, 7) is 6.87. The molecule has 0 atom stereocenters. The summed E-state index contributed by atoms with van der Waals surface area (Å²) in [6, 6.07) is 7.17. The lowest BCUT2D eigenvalue weighted by atomic mass is 9.69. The van der Waals surface area contributed by atoms with Gasteiger partial charge in [-0.25, -0.2) is 0 Å². The molecule has 0 unspecified atom stereocenters. The van der Waals surface area contributed by atoms with Gasteiger partial charge in [0.05, 0.1) is 0 Å². The van der Waals surface area contributed by atoms with E-state index in [1.165, 1.54) is 7.11 Å². The van der Waals surface area contributed by atoms with Crippen LogP contribution in [0.4, 0.5) is 11.4 Å². The maximum atomic E-state index is 12.5. The van der Waals surface area contributed by atoms with Gasteiger partial charge in [-0.1, -0.05) is 20.8 Å². The number of nitrogens with one attached hydrogen (secondary N) is 2. The standard InChI is InChI=1S/C20H30N2O3/c1-20(2,3)15-7-5-14(6-8-15)19(24)22-17-11-9-16(10-12-17)21-18(23)13-25-4/h9-12,14-15H,5-8,13H2,1-4H3,(H,21,23)(H,22,24). The number of ether oxygens (including phenoxy) is 1. The average Bonchev–Trinajstić information content (AvgIpc) is 2.56. The number of amides is 2. The lowest BCUT2D eigenvalue weighted by molar-refractivity contribution is -0.121. The third kappa shape index (κ3) is 5.85. The highest BCUT2D eigenvalue weighted by atomic mass is 16.5. The van der Waals surface area contributed by atoms with Gasteiger partial charge in [0.1, 0.15) is 6.61 Å². The number of anilines is 2. The van der Waals surface area contributed by atoms with E-state index in [0.717, 1.165) is 31.4 Å². The SMILES string of the molecule is COCC(=O)Nc1ccc(NC(=O)C2CCC(C(C)(C)C)CC2)cc1. The van der Waals surface area contributed by atoms with E-state index < -0.39 is 0 Å². The first-order chi connectivity index (χ1) is 11.8. The second-order valence-electron chi connectivity index (χ2n) is 7.96. The Kier molecular flexibility index (Phi) is 6.59. The fourth-order valence-electron chi connectivity index (χ4n) is 3.43. The predicted octanol–water partition coefficient (Wildman–Crippen LogP) is 4.06. The Morgan fingerprint density at radius 3 is 2.00 bits per heavy atom. The number of carbonyl (C=O) groups is 2. The zero-order valence-electron chi connectivity index (χ0n) is 15.7. The molecule has 0 aliphatic heterocycles. The van der Waals surface area contributed by atoms with Gasteiger partial charge < -0.3 is 15.4 Å². The molecule has 0 saturated heterocycles. The number of benzene rings is 1. The van der Waals surface area contributed by atoms with Gasteiger partial charge in [0.25, 0.3) is 0 Å². The van der Waals surface area contributed by atoms with E-state index in [1.807, 2.05) is 0 Å². The van der Waals surface area contributed by atoms with Crippen molar-refractivity contribution < 1.29 is 14.3 Å². The molecular weight excluding hydrogens is 316 g/mol. The molecule has 2 rings (SSSR count). The largest absolute Gasteiger partial charge is 0.375 e. The molecule has 0 aromatic heterocycles. The Morgan fingerprint density at radius 1 is 1.00 bits per heavy atom. The summed E-state index contributed by atoms with van der Waals surface area (Å²) in [5.74, 6) is 0.699. The number of rotatable bonds is 5. The minimum atomic E-state index is -0.199. The first-order valence-electron chi connectivity index (χ1n) is 8.99. The molecule has 2 amide bonds. The minimum Gasteiger partial charge on any atom is -0.375 e. The highest BCUT2D eigenvalue weighted by molar-refractivity contribution is 5.94. The van der Waals surface area contributed by atoms with E-state index in [-0.39, 0.29) is 24.3 Å². The Hall–Kier alpha value is -1.88. The van der Waals surface area contributed by atoms with Crippen LogP contribution in [-0.4, -0.2) is 25.5 Å². The van der Waals surface area contributed by atoms with Crippen molar-refractivity contribution in [2.45, 2.75) is 46.5 Å². The molecule has 25 heavy (non-hydrogen) atoms. The van der Waals surface area contributed by atoms with Crippen molar-refractivity contribution in [3.63, 3.8) is 0 Å². The van der Waals surface area contributed by atoms with Crippen molar-refractivity contribution in [3.8, 4) is 0 Å². The molecule has 138 valence electrons. The fourth-order valence-corrected chi connectivity index (χ4v) is 3.43. The van der Waals surface area contributed by atoms with Crippen LogP contribution in [0.3, 0.4) is 0 Å². The van der Waals surface area contributed by atoms with Gasteiger partial charge in [0, 0.05) is 24.4 Å². The van der Waals surface area contributed by atoms with Gasteiger partial charge in [-0.3, -0.25) is 9.59 Å². The van der Waals surface area contributed by atoms with Crippen LogP contribution >= 0.6 is 0 Å². The van der Waals surface area contributed by atoms with Gasteiger partial charge in [-0.2, -0.15) is 0 Å². The second-order valence-corrected chi connectivity index (χ2v) is 7.96. The smallest absolute Gasteiger partial charge is 0.250 e. The van der Waals surface area contributed by atoms with Crippen LogP contribution in [0, 0.1) is 17.3 Å². The average molecular weight is 346 g/mol.